The molecule has 3 heterocycles. The highest BCUT2D eigenvalue weighted by Gasteiger charge is 2.25. The zero-order valence-electron chi connectivity index (χ0n) is 19.6. The SMILES string of the molecule is CC(C)(C)OC(=O)N1CCCC(NCCNc2cccc(C(=O)Nc3ccncc3)n2)CC1. The van der Waals surface area contributed by atoms with Gasteiger partial charge in [-0.1, -0.05) is 6.07 Å². The van der Waals surface area contributed by atoms with E-state index in [1.54, 1.807) is 41.6 Å². The van der Waals surface area contributed by atoms with Gasteiger partial charge in [0.25, 0.3) is 5.91 Å². The van der Waals surface area contributed by atoms with Gasteiger partial charge in [0.2, 0.25) is 0 Å². The first-order chi connectivity index (χ1) is 15.8. The molecule has 1 fully saturated rings. The van der Waals surface area contributed by atoms with Crippen LogP contribution in [0.5, 0.6) is 0 Å². The van der Waals surface area contributed by atoms with E-state index in [1.807, 2.05) is 26.8 Å². The molecule has 33 heavy (non-hydrogen) atoms. The van der Waals surface area contributed by atoms with Crippen LogP contribution < -0.4 is 16.0 Å². The molecule has 0 bridgehead atoms. The Morgan fingerprint density at radius 1 is 1.09 bits per heavy atom. The van der Waals surface area contributed by atoms with Crippen LogP contribution in [0.4, 0.5) is 16.3 Å². The van der Waals surface area contributed by atoms with Crippen LogP contribution in [0, 0.1) is 0 Å². The van der Waals surface area contributed by atoms with Crippen molar-refractivity contribution in [3.63, 3.8) is 0 Å². The van der Waals surface area contributed by atoms with E-state index < -0.39 is 5.60 Å². The van der Waals surface area contributed by atoms with E-state index in [2.05, 4.69) is 25.9 Å². The fourth-order valence-electron chi connectivity index (χ4n) is 3.57. The first kappa shape index (κ1) is 24.4. The highest BCUT2D eigenvalue weighted by Crippen LogP contribution is 2.15. The summed E-state index contributed by atoms with van der Waals surface area (Å²) in [7, 11) is 0. The van der Waals surface area contributed by atoms with Crippen molar-refractivity contribution in [1.29, 1.82) is 0 Å². The van der Waals surface area contributed by atoms with E-state index >= 15 is 0 Å². The molecule has 2 amide bonds. The van der Waals surface area contributed by atoms with Gasteiger partial charge in [0, 0.05) is 50.3 Å². The molecule has 1 atom stereocenters. The molecule has 3 N–H and O–H groups in total. The van der Waals surface area contributed by atoms with Crippen LogP contribution in [0.3, 0.4) is 0 Å². The number of ether oxygens (including phenoxy) is 1. The smallest absolute Gasteiger partial charge is 0.410 e. The molecular weight excluding hydrogens is 420 g/mol. The molecule has 2 aromatic rings. The molecule has 9 nitrogen and oxygen atoms in total. The topological polar surface area (TPSA) is 108 Å². The lowest BCUT2D eigenvalue weighted by Gasteiger charge is -2.26. The van der Waals surface area contributed by atoms with Crippen molar-refractivity contribution < 1.29 is 14.3 Å². The Balaban J connectivity index is 1.40. The van der Waals surface area contributed by atoms with Gasteiger partial charge in [-0.05, 0) is 64.3 Å². The van der Waals surface area contributed by atoms with E-state index in [-0.39, 0.29) is 12.0 Å². The van der Waals surface area contributed by atoms with Crippen LogP contribution in [-0.2, 0) is 4.74 Å². The zero-order valence-corrected chi connectivity index (χ0v) is 19.6. The molecule has 0 spiro atoms. The molecule has 1 saturated heterocycles. The summed E-state index contributed by atoms with van der Waals surface area (Å²) >= 11 is 0. The van der Waals surface area contributed by atoms with Crippen molar-refractivity contribution >= 4 is 23.5 Å². The van der Waals surface area contributed by atoms with E-state index in [9.17, 15) is 9.59 Å². The second-order valence-electron chi connectivity index (χ2n) is 9.07. The van der Waals surface area contributed by atoms with Crippen LogP contribution >= 0.6 is 0 Å². The van der Waals surface area contributed by atoms with E-state index in [1.165, 1.54) is 0 Å². The number of hydrogen-bond donors (Lipinski definition) is 3. The summed E-state index contributed by atoms with van der Waals surface area (Å²) in [5.41, 5.74) is 0.543. The third-order valence-corrected chi connectivity index (χ3v) is 5.16. The fraction of sp³-hybridized carbons (Fsp3) is 0.500. The molecule has 0 aliphatic carbocycles. The number of rotatable bonds is 7. The molecule has 1 aliphatic rings. The average Bonchev–Trinajstić information content (AvgIpc) is 3.02. The zero-order chi connectivity index (χ0) is 23.7. The molecule has 3 rings (SSSR count). The minimum Gasteiger partial charge on any atom is -0.444 e. The first-order valence-corrected chi connectivity index (χ1v) is 11.4. The highest BCUT2D eigenvalue weighted by molar-refractivity contribution is 6.03. The van der Waals surface area contributed by atoms with Gasteiger partial charge in [0.05, 0.1) is 0 Å². The second-order valence-corrected chi connectivity index (χ2v) is 9.07. The van der Waals surface area contributed by atoms with Gasteiger partial charge in [-0.2, -0.15) is 0 Å². The predicted molar refractivity (Wildman–Crippen MR) is 128 cm³/mol. The molecular formula is C24H34N6O3. The number of pyridine rings is 2. The number of nitrogens with one attached hydrogen (secondary N) is 3. The molecule has 1 aliphatic heterocycles. The van der Waals surface area contributed by atoms with Crippen molar-refractivity contribution in [3.8, 4) is 0 Å². The van der Waals surface area contributed by atoms with Gasteiger partial charge < -0.3 is 25.6 Å². The third kappa shape index (κ3) is 8.34. The lowest BCUT2D eigenvalue weighted by atomic mass is 10.1. The second kappa shape index (κ2) is 11.6. The lowest BCUT2D eigenvalue weighted by molar-refractivity contribution is 0.0256. The summed E-state index contributed by atoms with van der Waals surface area (Å²) in [5, 5.41) is 9.63. The van der Waals surface area contributed by atoms with E-state index in [0.717, 1.165) is 32.4 Å². The van der Waals surface area contributed by atoms with Crippen LogP contribution in [0.25, 0.3) is 0 Å². The fourth-order valence-corrected chi connectivity index (χ4v) is 3.57. The normalized spacial score (nSPS) is 16.6. The molecule has 2 aromatic heterocycles. The molecule has 178 valence electrons. The molecule has 9 heteroatoms. The third-order valence-electron chi connectivity index (χ3n) is 5.16. The van der Waals surface area contributed by atoms with Gasteiger partial charge in [-0.25, -0.2) is 9.78 Å². The van der Waals surface area contributed by atoms with E-state index in [0.29, 0.717) is 36.3 Å². The minimum absolute atomic E-state index is 0.233. The number of likely N-dealkylation sites (tertiary alicyclic amines) is 1. The largest absolute Gasteiger partial charge is 0.444 e. The van der Waals surface area contributed by atoms with Crippen molar-refractivity contribution in [3.05, 3.63) is 48.4 Å². The summed E-state index contributed by atoms with van der Waals surface area (Å²) in [4.78, 5) is 34.9. The van der Waals surface area contributed by atoms with Gasteiger partial charge in [0.1, 0.15) is 17.1 Å². The van der Waals surface area contributed by atoms with Crippen molar-refractivity contribution in [2.24, 2.45) is 0 Å². The Kier molecular flexibility index (Phi) is 8.59. The standard InChI is InChI=1S/C24H34N6O3/c1-24(2,3)33-23(32)30-16-5-6-18(11-17-30)26-14-15-27-21-8-4-7-20(29-21)22(31)28-19-9-12-25-13-10-19/h4,7-10,12-13,18,26H,5-6,11,14-17H2,1-3H3,(H,27,29)(H,25,28,31). The summed E-state index contributed by atoms with van der Waals surface area (Å²) in [6, 6.07) is 9.14. The Bertz CT molecular complexity index is 916. The summed E-state index contributed by atoms with van der Waals surface area (Å²) in [5.74, 6) is 0.382. The van der Waals surface area contributed by atoms with Crippen LogP contribution in [0.1, 0.15) is 50.5 Å². The maximum atomic E-state index is 12.4. The van der Waals surface area contributed by atoms with E-state index in [4.69, 9.17) is 4.74 Å². The van der Waals surface area contributed by atoms with Crippen LogP contribution in [-0.4, -0.2) is 64.7 Å². The first-order valence-electron chi connectivity index (χ1n) is 11.4. The maximum absolute atomic E-state index is 12.4. The molecule has 0 saturated carbocycles. The Labute approximate surface area is 195 Å². The van der Waals surface area contributed by atoms with Crippen molar-refractivity contribution in [2.45, 2.75) is 51.7 Å². The number of amides is 2. The minimum atomic E-state index is -0.474. The summed E-state index contributed by atoms with van der Waals surface area (Å²) in [6.45, 7) is 8.51. The lowest BCUT2D eigenvalue weighted by Crippen LogP contribution is -2.38. The summed E-state index contributed by atoms with van der Waals surface area (Å²) < 4.78 is 5.49. The molecule has 0 aromatic carbocycles. The number of anilines is 2. The Morgan fingerprint density at radius 2 is 1.88 bits per heavy atom. The van der Waals surface area contributed by atoms with Crippen molar-refractivity contribution in [1.82, 2.24) is 20.2 Å². The number of aromatic nitrogens is 2. The maximum Gasteiger partial charge on any atom is 0.410 e. The number of carbonyl (C=O) groups excluding carboxylic acids is 2. The van der Waals surface area contributed by atoms with Crippen molar-refractivity contribution in [2.75, 3.05) is 36.8 Å². The Morgan fingerprint density at radius 3 is 2.64 bits per heavy atom. The number of carbonyl (C=O) groups is 2. The molecule has 1 unspecified atom stereocenters. The van der Waals surface area contributed by atoms with Gasteiger partial charge in [0.15, 0.2) is 0 Å². The monoisotopic (exact) mass is 454 g/mol. The number of hydrogen-bond acceptors (Lipinski definition) is 7. The van der Waals surface area contributed by atoms with Gasteiger partial charge >= 0.3 is 6.09 Å². The highest BCUT2D eigenvalue weighted by atomic mass is 16.6. The van der Waals surface area contributed by atoms with Crippen LogP contribution in [0.2, 0.25) is 0 Å². The molecule has 0 radical (unpaired) electrons. The Hall–Kier alpha value is -3.20. The predicted octanol–water partition coefficient (Wildman–Crippen LogP) is 3.52. The van der Waals surface area contributed by atoms with Gasteiger partial charge in [-0.15, -0.1) is 0 Å². The van der Waals surface area contributed by atoms with Gasteiger partial charge in [-0.3, -0.25) is 9.78 Å². The quantitative estimate of drug-likeness (QED) is 0.549. The summed E-state index contributed by atoms with van der Waals surface area (Å²) in [6.07, 6.45) is 5.86. The number of nitrogens with zero attached hydrogens (tertiary/aromatic N) is 3. The average molecular weight is 455 g/mol. The van der Waals surface area contributed by atoms with Crippen LogP contribution in [0.15, 0.2) is 42.7 Å².